The fourth-order valence-corrected chi connectivity index (χ4v) is 2.99. The molecule has 8 nitrogen and oxygen atoms in total. The summed E-state index contributed by atoms with van der Waals surface area (Å²) in [7, 11) is 2.51. The number of carbonyl (C=O) groups is 3. The van der Waals surface area contributed by atoms with Gasteiger partial charge in [0, 0.05) is 13.1 Å². The first-order valence-corrected chi connectivity index (χ1v) is 8.32. The predicted molar refractivity (Wildman–Crippen MR) is 94.2 cm³/mol. The normalized spacial score (nSPS) is 20.3. The van der Waals surface area contributed by atoms with Crippen molar-refractivity contribution in [3.63, 3.8) is 0 Å². The smallest absolute Gasteiger partial charge is 0.339 e. The molecule has 0 spiro atoms. The van der Waals surface area contributed by atoms with Crippen molar-refractivity contribution >= 4 is 23.5 Å². The lowest BCUT2D eigenvalue weighted by molar-refractivity contribution is -0.121. The van der Waals surface area contributed by atoms with Gasteiger partial charge in [-0.05, 0) is 32.0 Å². The largest absolute Gasteiger partial charge is 0.465 e. The number of carbonyl (C=O) groups excluding carboxylic acids is 3. The van der Waals surface area contributed by atoms with E-state index in [-0.39, 0.29) is 41.5 Å². The monoisotopic (exact) mass is 364 g/mol. The highest BCUT2D eigenvalue weighted by Gasteiger charge is 2.24. The Hall–Kier alpha value is -2.45. The molecule has 2 atom stereocenters. The molecule has 0 aromatic heterocycles. The molecule has 142 valence electrons. The lowest BCUT2D eigenvalue weighted by Gasteiger charge is -2.34. The maximum Gasteiger partial charge on any atom is 0.339 e. The third-order valence-corrected chi connectivity index (χ3v) is 3.98. The first-order valence-electron chi connectivity index (χ1n) is 8.32. The summed E-state index contributed by atoms with van der Waals surface area (Å²) in [6.45, 7) is 5.35. The summed E-state index contributed by atoms with van der Waals surface area (Å²) in [4.78, 5) is 38.1. The average Bonchev–Trinajstić information content (AvgIpc) is 2.59. The summed E-state index contributed by atoms with van der Waals surface area (Å²) in [5.41, 5.74) is 0.598. The minimum absolute atomic E-state index is 0.0415. The molecule has 26 heavy (non-hydrogen) atoms. The molecular formula is C18H24N2O6. The van der Waals surface area contributed by atoms with E-state index in [1.54, 1.807) is 0 Å². The minimum atomic E-state index is -0.606. The van der Waals surface area contributed by atoms with Crippen molar-refractivity contribution in [1.82, 2.24) is 4.90 Å². The van der Waals surface area contributed by atoms with Crippen LogP contribution in [0.15, 0.2) is 18.2 Å². The second kappa shape index (κ2) is 8.77. The van der Waals surface area contributed by atoms with Gasteiger partial charge in [0.05, 0.1) is 49.8 Å². The van der Waals surface area contributed by atoms with Gasteiger partial charge in [0.15, 0.2) is 0 Å². The van der Waals surface area contributed by atoms with E-state index in [9.17, 15) is 14.4 Å². The van der Waals surface area contributed by atoms with Crippen molar-refractivity contribution in [2.45, 2.75) is 26.1 Å². The van der Waals surface area contributed by atoms with Crippen molar-refractivity contribution in [3.05, 3.63) is 29.3 Å². The lowest BCUT2D eigenvalue weighted by atomic mass is 10.1. The van der Waals surface area contributed by atoms with Crippen LogP contribution in [-0.2, 0) is 19.0 Å². The summed E-state index contributed by atoms with van der Waals surface area (Å²) in [5, 5.41) is 2.69. The topological polar surface area (TPSA) is 94.2 Å². The third kappa shape index (κ3) is 5.03. The number of ether oxygens (including phenoxy) is 3. The number of rotatable bonds is 5. The van der Waals surface area contributed by atoms with Crippen molar-refractivity contribution < 1.29 is 28.6 Å². The maximum atomic E-state index is 12.4. The first kappa shape index (κ1) is 19.9. The molecule has 1 heterocycles. The zero-order chi connectivity index (χ0) is 19.3. The standard InChI is InChI=1S/C18H24N2O6/c1-11-8-20(9-12(2)26-11)10-16(21)19-15-7-13(17(22)24-3)5-6-14(15)18(23)25-4/h5-7,11-12H,8-10H2,1-4H3,(H,19,21)/t11-,12-/m1/s1. The molecule has 0 bridgehead atoms. The maximum absolute atomic E-state index is 12.4. The van der Waals surface area contributed by atoms with Crippen LogP contribution in [0, 0.1) is 0 Å². The van der Waals surface area contributed by atoms with Crippen molar-refractivity contribution in [2.24, 2.45) is 0 Å². The Kier molecular flexibility index (Phi) is 6.70. The summed E-state index contributed by atoms with van der Waals surface area (Å²) in [6.07, 6.45) is 0.0830. The molecule has 1 N–H and O–H groups in total. The fraction of sp³-hybridized carbons (Fsp3) is 0.500. The Labute approximate surface area is 152 Å². The molecule has 0 radical (unpaired) electrons. The summed E-state index contributed by atoms with van der Waals surface area (Å²) < 4.78 is 15.1. The van der Waals surface area contributed by atoms with Crippen molar-refractivity contribution in [3.8, 4) is 0 Å². The van der Waals surface area contributed by atoms with E-state index < -0.39 is 11.9 Å². The SMILES string of the molecule is COC(=O)c1ccc(C(=O)OC)c(NC(=O)CN2C[C@@H](C)O[C@H](C)C2)c1. The number of amides is 1. The van der Waals surface area contributed by atoms with E-state index in [4.69, 9.17) is 9.47 Å². The molecule has 2 rings (SSSR count). The van der Waals surface area contributed by atoms with E-state index in [0.29, 0.717) is 13.1 Å². The number of nitrogens with zero attached hydrogens (tertiary/aromatic N) is 1. The molecule has 0 saturated carbocycles. The number of methoxy groups -OCH3 is 2. The van der Waals surface area contributed by atoms with Crippen LogP contribution in [-0.4, -0.2) is 68.8 Å². The Bertz CT molecular complexity index is 680. The predicted octanol–water partition coefficient (Wildman–Crippen LogP) is 1.31. The van der Waals surface area contributed by atoms with Gasteiger partial charge in [-0.15, -0.1) is 0 Å². The number of esters is 2. The van der Waals surface area contributed by atoms with Crippen molar-refractivity contribution in [1.29, 1.82) is 0 Å². The number of nitrogens with one attached hydrogen (secondary N) is 1. The lowest BCUT2D eigenvalue weighted by Crippen LogP contribution is -2.48. The van der Waals surface area contributed by atoms with E-state index in [1.165, 1.54) is 32.4 Å². The van der Waals surface area contributed by atoms with Gasteiger partial charge < -0.3 is 19.5 Å². The Morgan fingerprint density at radius 1 is 1.12 bits per heavy atom. The van der Waals surface area contributed by atoms with Crippen LogP contribution < -0.4 is 5.32 Å². The molecule has 1 aliphatic heterocycles. The van der Waals surface area contributed by atoms with Gasteiger partial charge in [-0.3, -0.25) is 9.69 Å². The molecule has 1 aliphatic rings. The summed E-state index contributed by atoms with van der Waals surface area (Å²) in [6, 6.07) is 4.27. The van der Waals surface area contributed by atoms with Gasteiger partial charge in [-0.2, -0.15) is 0 Å². The molecular weight excluding hydrogens is 340 g/mol. The third-order valence-electron chi connectivity index (χ3n) is 3.98. The number of hydrogen-bond acceptors (Lipinski definition) is 7. The Balaban J connectivity index is 2.16. The van der Waals surface area contributed by atoms with E-state index >= 15 is 0 Å². The van der Waals surface area contributed by atoms with Gasteiger partial charge in [-0.1, -0.05) is 0 Å². The average molecular weight is 364 g/mol. The van der Waals surface area contributed by atoms with Crippen LogP contribution in [0.5, 0.6) is 0 Å². The molecule has 1 amide bonds. The molecule has 0 unspecified atom stereocenters. The van der Waals surface area contributed by atoms with Crippen LogP contribution in [0.1, 0.15) is 34.6 Å². The highest BCUT2D eigenvalue weighted by molar-refractivity contribution is 6.03. The van der Waals surface area contributed by atoms with Gasteiger partial charge in [-0.25, -0.2) is 9.59 Å². The second-order valence-electron chi connectivity index (χ2n) is 6.24. The minimum Gasteiger partial charge on any atom is -0.465 e. The van der Waals surface area contributed by atoms with E-state index in [0.717, 1.165) is 0 Å². The molecule has 8 heteroatoms. The van der Waals surface area contributed by atoms with E-state index in [1.807, 2.05) is 18.7 Å². The van der Waals surface area contributed by atoms with E-state index in [2.05, 4.69) is 10.1 Å². The van der Waals surface area contributed by atoms with Gasteiger partial charge in [0.25, 0.3) is 0 Å². The zero-order valence-electron chi connectivity index (χ0n) is 15.4. The summed E-state index contributed by atoms with van der Waals surface area (Å²) in [5.74, 6) is -1.46. The second-order valence-corrected chi connectivity index (χ2v) is 6.24. The molecule has 1 saturated heterocycles. The van der Waals surface area contributed by atoms with Gasteiger partial charge >= 0.3 is 11.9 Å². The van der Waals surface area contributed by atoms with Crippen LogP contribution in [0.4, 0.5) is 5.69 Å². The van der Waals surface area contributed by atoms with Gasteiger partial charge in [0.2, 0.25) is 5.91 Å². The highest BCUT2D eigenvalue weighted by Crippen LogP contribution is 2.20. The number of anilines is 1. The van der Waals surface area contributed by atoms with Crippen LogP contribution in [0.25, 0.3) is 0 Å². The highest BCUT2D eigenvalue weighted by atomic mass is 16.5. The van der Waals surface area contributed by atoms with Crippen LogP contribution >= 0.6 is 0 Å². The zero-order valence-corrected chi connectivity index (χ0v) is 15.4. The summed E-state index contributed by atoms with van der Waals surface area (Å²) >= 11 is 0. The van der Waals surface area contributed by atoms with Gasteiger partial charge in [0.1, 0.15) is 0 Å². The number of benzene rings is 1. The Morgan fingerprint density at radius 2 is 1.73 bits per heavy atom. The molecule has 0 aliphatic carbocycles. The van der Waals surface area contributed by atoms with Crippen molar-refractivity contribution in [2.75, 3.05) is 39.2 Å². The Morgan fingerprint density at radius 3 is 2.31 bits per heavy atom. The van der Waals surface area contributed by atoms with Crippen LogP contribution in [0.3, 0.4) is 0 Å². The molecule has 1 aromatic carbocycles. The molecule has 1 fully saturated rings. The fourth-order valence-electron chi connectivity index (χ4n) is 2.99. The number of morpholine rings is 1. The number of hydrogen-bond donors (Lipinski definition) is 1. The quantitative estimate of drug-likeness (QED) is 0.787. The first-order chi connectivity index (χ1) is 12.3. The molecule has 1 aromatic rings. The van der Waals surface area contributed by atoms with Crippen LogP contribution in [0.2, 0.25) is 0 Å².